The van der Waals surface area contributed by atoms with Gasteiger partial charge in [-0.05, 0) is 6.07 Å². The predicted molar refractivity (Wildman–Crippen MR) is 72.6 cm³/mol. The third kappa shape index (κ3) is 2.95. The van der Waals surface area contributed by atoms with E-state index in [1.54, 1.807) is 11.6 Å². The number of nitrogens with zero attached hydrogens (tertiary/aromatic N) is 3. The molecular formula is C12H10ClN3O5. The van der Waals surface area contributed by atoms with Gasteiger partial charge in [0.25, 0.3) is 5.69 Å². The molecule has 8 nitrogen and oxygen atoms in total. The van der Waals surface area contributed by atoms with Gasteiger partial charge < -0.3 is 14.4 Å². The van der Waals surface area contributed by atoms with E-state index in [1.807, 2.05) is 0 Å². The summed E-state index contributed by atoms with van der Waals surface area (Å²) in [5.74, 6) is -1.08. The quantitative estimate of drug-likeness (QED) is 0.670. The number of hydrogen-bond acceptors (Lipinski definition) is 5. The highest BCUT2D eigenvalue weighted by Gasteiger charge is 2.24. The zero-order valence-corrected chi connectivity index (χ0v) is 11.6. The Bertz CT molecular complexity index is 713. The standard InChI is InChI=1S/C12H10ClN3O5/c1-15-9(13)5-14-10(15)6-21-8-4-2-3-7(16(19)20)11(8)12(17)18/h2-5H,6H2,1H3,(H,17,18). The topological polar surface area (TPSA) is 107 Å². The molecular weight excluding hydrogens is 302 g/mol. The molecule has 0 amide bonds. The van der Waals surface area contributed by atoms with Crippen molar-refractivity contribution in [2.45, 2.75) is 6.61 Å². The number of halogens is 1. The summed E-state index contributed by atoms with van der Waals surface area (Å²) in [6, 6.07) is 3.81. The lowest BCUT2D eigenvalue weighted by Crippen LogP contribution is -2.09. The van der Waals surface area contributed by atoms with Crippen LogP contribution >= 0.6 is 11.6 Å². The van der Waals surface area contributed by atoms with Crippen molar-refractivity contribution in [2.24, 2.45) is 7.05 Å². The Morgan fingerprint density at radius 3 is 2.81 bits per heavy atom. The molecule has 0 radical (unpaired) electrons. The van der Waals surface area contributed by atoms with Crippen molar-refractivity contribution in [3.8, 4) is 5.75 Å². The van der Waals surface area contributed by atoms with Crippen LogP contribution in [0.2, 0.25) is 5.15 Å². The highest BCUT2D eigenvalue weighted by Crippen LogP contribution is 2.28. The smallest absolute Gasteiger partial charge is 0.346 e. The summed E-state index contributed by atoms with van der Waals surface area (Å²) < 4.78 is 6.90. The van der Waals surface area contributed by atoms with Crippen molar-refractivity contribution in [3.05, 3.63) is 51.1 Å². The SMILES string of the molecule is Cn1c(Cl)cnc1COc1cccc([N+](=O)[O-])c1C(=O)O. The number of rotatable bonds is 5. The van der Waals surface area contributed by atoms with E-state index in [2.05, 4.69) is 4.98 Å². The van der Waals surface area contributed by atoms with E-state index < -0.39 is 22.1 Å². The van der Waals surface area contributed by atoms with Gasteiger partial charge in [0, 0.05) is 13.1 Å². The Labute approximate surface area is 123 Å². The number of carbonyl (C=O) groups is 1. The Morgan fingerprint density at radius 1 is 1.57 bits per heavy atom. The van der Waals surface area contributed by atoms with Crippen LogP contribution in [0.4, 0.5) is 5.69 Å². The molecule has 0 spiro atoms. The predicted octanol–water partition coefficient (Wildman–Crippen LogP) is 2.26. The highest BCUT2D eigenvalue weighted by atomic mass is 35.5. The van der Waals surface area contributed by atoms with E-state index in [4.69, 9.17) is 21.4 Å². The van der Waals surface area contributed by atoms with Crippen LogP contribution in [0.5, 0.6) is 5.75 Å². The largest absolute Gasteiger partial charge is 0.484 e. The van der Waals surface area contributed by atoms with Crippen LogP contribution in [0, 0.1) is 10.1 Å². The number of nitro groups is 1. The number of carboxylic acids is 1. The summed E-state index contributed by atoms with van der Waals surface area (Å²) >= 11 is 5.82. The third-order valence-corrected chi connectivity index (χ3v) is 3.15. The average Bonchev–Trinajstić information content (AvgIpc) is 2.75. The van der Waals surface area contributed by atoms with Crippen molar-refractivity contribution < 1.29 is 19.6 Å². The molecule has 1 N–H and O–H groups in total. The molecule has 1 aromatic heterocycles. The number of nitro benzene ring substituents is 1. The molecule has 1 aromatic carbocycles. The summed E-state index contributed by atoms with van der Waals surface area (Å²) in [7, 11) is 1.67. The van der Waals surface area contributed by atoms with Gasteiger partial charge in [0.2, 0.25) is 0 Å². The number of carboxylic acid groups (broad SMARTS) is 1. The Morgan fingerprint density at radius 2 is 2.29 bits per heavy atom. The molecule has 0 bridgehead atoms. The first kappa shape index (κ1) is 14.8. The van der Waals surface area contributed by atoms with Crippen molar-refractivity contribution in [3.63, 3.8) is 0 Å². The van der Waals surface area contributed by atoms with Crippen molar-refractivity contribution in [1.82, 2.24) is 9.55 Å². The van der Waals surface area contributed by atoms with E-state index in [0.29, 0.717) is 11.0 Å². The van der Waals surface area contributed by atoms with Gasteiger partial charge in [-0.15, -0.1) is 0 Å². The van der Waals surface area contributed by atoms with Crippen LogP contribution in [-0.2, 0) is 13.7 Å². The normalized spacial score (nSPS) is 10.4. The lowest BCUT2D eigenvalue weighted by Gasteiger charge is -2.09. The molecule has 0 saturated carbocycles. The lowest BCUT2D eigenvalue weighted by molar-refractivity contribution is -0.385. The summed E-state index contributed by atoms with van der Waals surface area (Å²) in [5, 5.41) is 20.4. The highest BCUT2D eigenvalue weighted by molar-refractivity contribution is 6.29. The minimum Gasteiger partial charge on any atom is -0.484 e. The Hall–Kier alpha value is -2.61. The van der Waals surface area contributed by atoms with Crippen LogP contribution in [0.25, 0.3) is 0 Å². The molecule has 0 fully saturated rings. The summed E-state index contributed by atoms with van der Waals surface area (Å²) in [5.41, 5.74) is -1.03. The van der Waals surface area contributed by atoms with E-state index >= 15 is 0 Å². The van der Waals surface area contributed by atoms with Crippen LogP contribution in [0.3, 0.4) is 0 Å². The second kappa shape index (κ2) is 5.80. The van der Waals surface area contributed by atoms with E-state index in [1.165, 1.54) is 18.3 Å². The minimum atomic E-state index is -1.44. The van der Waals surface area contributed by atoms with Gasteiger partial charge in [0.1, 0.15) is 23.3 Å². The van der Waals surface area contributed by atoms with Gasteiger partial charge in [0.15, 0.2) is 5.56 Å². The molecule has 0 atom stereocenters. The van der Waals surface area contributed by atoms with Gasteiger partial charge in [-0.2, -0.15) is 0 Å². The number of ether oxygens (including phenoxy) is 1. The fraction of sp³-hybridized carbons (Fsp3) is 0.167. The van der Waals surface area contributed by atoms with E-state index in [-0.39, 0.29) is 12.4 Å². The molecule has 9 heteroatoms. The van der Waals surface area contributed by atoms with Gasteiger partial charge in [-0.1, -0.05) is 17.7 Å². The van der Waals surface area contributed by atoms with Crippen LogP contribution in [0.15, 0.2) is 24.4 Å². The maximum atomic E-state index is 11.2. The fourth-order valence-electron chi connectivity index (χ4n) is 1.71. The second-order valence-electron chi connectivity index (χ2n) is 4.06. The lowest BCUT2D eigenvalue weighted by atomic mass is 10.1. The van der Waals surface area contributed by atoms with Crippen LogP contribution < -0.4 is 4.74 Å². The van der Waals surface area contributed by atoms with E-state index in [0.717, 1.165) is 6.07 Å². The number of imidazole rings is 1. The molecule has 0 aliphatic carbocycles. The van der Waals surface area contributed by atoms with Crippen molar-refractivity contribution in [2.75, 3.05) is 0 Å². The number of benzene rings is 1. The molecule has 2 aromatic rings. The first-order valence-electron chi connectivity index (χ1n) is 5.71. The second-order valence-corrected chi connectivity index (χ2v) is 4.44. The first-order chi connectivity index (χ1) is 9.91. The van der Waals surface area contributed by atoms with Gasteiger partial charge in [0.05, 0.1) is 11.1 Å². The van der Waals surface area contributed by atoms with Crippen LogP contribution in [-0.4, -0.2) is 25.6 Å². The summed E-state index contributed by atoms with van der Waals surface area (Å²) in [4.78, 5) is 25.3. The zero-order valence-electron chi connectivity index (χ0n) is 10.8. The summed E-state index contributed by atoms with van der Waals surface area (Å²) in [6.45, 7) is -0.0648. The molecule has 110 valence electrons. The maximum absolute atomic E-state index is 11.2. The average molecular weight is 312 g/mol. The van der Waals surface area contributed by atoms with Gasteiger partial charge >= 0.3 is 5.97 Å². The third-order valence-electron chi connectivity index (χ3n) is 2.80. The number of aromatic carboxylic acids is 1. The maximum Gasteiger partial charge on any atom is 0.346 e. The van der Waals surface area contributed by atoms with Crippen LogP contribution in [0.1, 0.15) is 16.2 Å². The first-order valence-corrected chi connectivity index (χ1v) is 6.09. The zero-order chi connectivity index (χ0) is 15.6. The van der Waals surface area contributed by atoms with Crippen molar-refractivity contribution in [1.29, 1.82) is 0 Å². The molecule has 0 unspecified atom stereocenters. The van der Waals surface area contributed by atoms with Gasteiger partial charge in [-0.25, -0.2) is 9.78 Å². The van der Waals surface area contributed by atoms with Gasteiger partial charge in [-0.3, -0.25) is 10.1 Å². The Kier molecular flexibility index (Phi) is 4.08. The fourth-order valence-corrected chi connectivity index (χ4v) is 1.85. The molecule has 0 aliphatic heterocycles. The Balaban J connectivity index is 2.32. The molecule has 0 saturated heterocycles. The molecule has 1 heterocycles. The monoisotopic (exact) mass is 311 g/mol. The number of aromatic nitrogens is 2. The minimum absolute atomic E-state index is 0.0648. The number of hydrogen-bond donors (Lipinski definition) is 1. The van der Waals surface area contributed by atoms with Crippen molar-refractivity contribution >= 4 is 23.3 Å². The molecule has 2 rings (SSSR count). The molecule has 0 aliphatic rings. The summed E-state index contributed by atoms with van der Waals surface area (Å²) in [6.07, 6.45) is 1.42. The van der Waals surface area contributed by atoms with E-state index in [9.17, 15) is 14.9 Å². The molecule has 21 heavy (non-hydrogen) atoms.